The highest BCUT2D eigenvalue weighted by molar-refractivity contribution is 6.15. The minimum atomic E-state index is 0.633. The van der Waals surface area contributed by atoms with E-state index in [0.29, 0.717) is 17.5 Å². The third-order valence-electron chi connectivity index (χ3n) is 7.51. The second kappa shape index (κ2) is 9.54. The number of hydrogen-bond donors (Lipinski definition) is 0. The van der Waals surface area contributed by atoms with Crippen LogP contribution in [0.2, 0.25) is 0 Å². The van der Waals surface area contributed by atoms with E-state index in [2.05, 4.69) is 60.7 Å². The van der Waals surface area contributed by atoms with Crippen LogP contribution in [0.15, 0.2) is 144 Å². The third-order valence-corrected chi connectivity index (χ3v) is 7.51. The van der Waals surface area contributed by atoms with E-state index in [-0.39, 0.29) is 0 Å². The smallest absolute Gasteiger partial charge is 0.164 e. The number of rotatable bonds is 4. The van der Waals surface area contributed by atoms with Crippen LogP contribution in [0.5, 0.6) is 0 Å². The molecule has 0 unspecified atom stereocenters. The Morgan fingerprint density at radius 2 is 0.951 bits per heavy atom. The van der Waals surface area contributed by atoms with Crippen LogP contribution in [0.25, 0.3) is 78.0 Å². The second-order valence-corrected chi connectivity index (χ2v) is 10.1. The van der Waals surface area contributed by atoms with E-state index in [1.807, 2.05) is 78.9 Å². The molecule has 0 N–H and O–H groups in total. The summed E-state index contributed by atoms with van der Waals surface area (Å²) in [5, 5.41) is 4.49. The fourth-order valence-electron chi connectivity index (χ4n) is 5.60. The number of hydrogen-bond acceptors (Lipinski definition) is 4. The van der Waals surface area contributed by atoms with Crippen molar-refractivity contribution in [1.82, 2.24) is 15.0 Å². The zero-order chi connectivity index (χ0) is 27.2. The highest BCUT2D eigenvalue weighted by Gasteiger charge is 2.17. The monoisotopic (exact) mass is 525 g/mol. The van der Waals surface area contributed by atoms with Gasteiger partial charge in [0.05, 0.1) is 0 Å². The molecule has 8 rings (SSSR count). The summed E-state index contributed by atoms with van der Waals surface area (Å²) in [6, 6.07) is 47.5. The number of nitrogens with zero attached hydrogens (tertiary/aromatic N) is 3. The molecule has 192 valence electrons. The Morgan fingerprint density at radius 1 is 0.390 bits per heavy atom. The van der Waals surface area contributed by atoms with Gasteiger partial charge >= 0.3 is 0 Å². The van der Waals surface area contributed by atoms with Crippen molar-refractivity contribution in [3.63, 3.8) is 0 Å². The first-order valence-electron chi connectivity index (χ1n) is 13.6. The van der Waals surface area contributed by atoms with Gasteiger partial charge in [0.15, 0.2) is 17.5 Å². The lowest BCUT2D eigenvalue weighted by Gasteiger charge is -2.13. The zero-order valence-electron chi connectivity index (χ0n) is 22.0. The molecule has 0 radical (unpaired) electrons. The summed E-state index contributed by atoms with van der Waals surface area (Å²) >= 11 is 0. The van der Waals surface area contributed by atoms with E-state index in [4.69, 9.17) is 19.4 Å². The summed E-state index contributed by atoms with van der Waals surface area (Å²) in [4.78, 5) is 14.9. The van der Waals surface area contributed by atoms with Crippen molar-refractivity contribution in [3.8, 4) is 45.3 Å². The summed E-state index contributed by atoms with van der Waals surface area (Å²) in [6.45, 7) is 0. The Hall–Kier alpha value is -5.61. The molecular formula is C37H23N3O. The molecule has 0 saturated heterocycles. The average molecular weight is 526 g/mol. The summed E-state index contributed by atoms with van der Waals surface area (Å²) in [6.07, 6.45) is 0. The van der Waals surface area contributed by atoms with Crippen LogP contribution in [-0.4, -0.2) is 15.0 Å². The van der Waals surface area contributed by atoms with Crippen LogP contribution in [0.4, 0.5) is 0 Å². The van der Waals surface area contributed by atoms with E-state index in [9.17, 15) is 0 Å². The first-order valence-corrected chi connectivity index (χ1v) is 13.6. The molecule has 41 heavy (non-hydrogen) atoms. The van der Waals surface area contributed by atoms with Crippen LogP contribution in [0.1, 0.15) is 0 Å². The minimum absolute atomic E-state index is 0.633. The lowest BCUT2D eigenvalue weighted by atomic mass is 9.92. The van der Waals surface area contributed by atoms with Crippen molar-refractivity contribution in [2.75, 3.05) is 0 Å². The molecule has 6 aromatic carbocycles. The molecule has 0 saturated carbocycles. The fourth-order valence-corrected chi connectivity index (χ4v) is 5.60. The maximum Gasteiger partial charge on any atom is 0.164 e. The summed E-state index contributed by atoms with van der Waals surface area (Å²) in [5.74, 6) is 1.92. The molecule has 2 aromatic heterocycles. The van der Waals surface area contributed by atoms with Gasteiger partial charge in [-0.05, 0) is 46.2 Å². The maximum absolute atomic E-state index is 6.24. The molecule has 0 fully saturated rings. The van der Waals surface area contributed by atoms with Gasteiger partial charge in [0.25, 0.3) is 0 Å². The Labute approximate surface area is 236 Å². The Balaban J connectivity index is 1.41. The van der Waals surface area contributed by atoms with Gasteiger partial charge in [0.2, 0.25) is 0 Å². The summed E-state index contributed by atoms with van der Waals surface area (Å²) < 4.78 is 6.24. The average Bonchev–Trinajstić information content (AvgIpc) is 3.44. The largest absolute Gasteiger partial charge is 0.456 e. The molecule has 0 bridgehead atoms. The molecule has 4 heteroatoms. The highest BCUT2D eigenvalue weighted by atomic mass is 16.3. The topological polar surface area (TPSA) is 51.8 Å². The van der Waals surface area contributed by atoms with Gasteiger partial charge in [-0.15, -0.1) is 0 Å². The standard InChI is InChI=1S/C37H23N3O/c1-3-12-24(13-4-1)35-38-36(25-14-5-2-6-15-25)40-37(39-35)27-22-26-16-7-8-17-28(26)31(23-27)29-19-11-21-33-34(29)30-18-9-10-20-32(30)41-33/h1-23H. The number of aromatic nitrogens is 3. The summed E-state index contributed by atoms with van der Waals surface area (Å²) in [5.41, 5.74) is 6.81. The molecule has 0 aliphatic carbocycles. The molecule has 0 aliphatic heterocycles. The third kappa shape index (κ3) is 4.05. The highest BCUT2D eigenvalue weighted by Crippen LogP contribution is 2.41. The maximum atomic E-state index is 6.24. The molecule has 0 atom stereocenters. The molecule has 2 heterocycles. The number of furan rings is 1. The Kier molecular flexibility index (Phi) is 5.42. The predicted octanol–water partition coefficient (Wildman–Crippen LogP) is 9.59. The fraction of sp³-hybridized carbons (Fsp3) is 0. The molecule has 8 aromatic rings. The van der Waals surface area contributed by atoms with E-state index < -0.39 is 0 Å². The van der Waals surface area contributed by atoms with Crippen LogP contribution >= 0.6 is 0 Å². The quantitative estimate of drug-likeness (QED) is 0.230. The lowest BCUT2D eigenvalue weighted by Crippen LogP contribution is -2.00. The Bertz CT molecular complexity index is 2140. The van der Waals surface area contributed by atoms with Gasteiger partial charge < -0.3 is 4.42 Å². The number of benzene rings is 6. The van der Waals surface area contributed by atoms with Gasteiger partial charge in [0.1, 0.15) is 11.2 Å². The van der Waals surface area contributed by atoms with Crippen molar-refractivity contribution in [2.45, 2.75) is 0 Å². The number of para-hydroxylation sites is 1. The predicted molar refractivity (Wildman–Crippen MR) is 166 cm³/mol. The molecule has 0 aliphatic rings. The van der Waals surface area contributed by atoms with Crippen molar-refractivity contribution in [2.24, 2.45) is 0 Å². The normalized spacial score (nSPS) is 11.4. The van der Waals surface area contributed by atoms with Crippen LogP contribution in [0.3, 0.4) is 0 Å². The lowest BCUT2D eigenvalue weighted by molar-refractivity contribution is 0.669. The van der Waals surface area contributed by atoms with Gasteiger partial charge in [-0.1, -0.05) is 115 Å². The molecular weight excluding hydrogens is 502 g/mol. The minimum Gasteiger partial charge on any atom is -0.456 e. The second-order valence-electron chi connectivity index (χ2n) is 10.1. The number of fused-ring (bicyclic) bond motifs is 4. The molecule has 4 nitrogen and oxygen atoms in total. The van der Waals surface area contributed by atoms with Crippen molar-refractivity contribution in [3.05, 3.63) is 140 Å². The molecule has 0 amide bonds. The zero-order valence-corrected chi connectivity index (χ0v) is 22.0. The SMILES string of the molecule is c1ccc(-c2nc(-c3ccccc3)nc(-c3cc(-c4cccc5oc6ccccc6c45)c4ccccc4c3)n2)cc1. The van der Waals surface area contributed by atoms with Crippen molar-refractivity contribution in [1.29, 1.82) is 0 Å². The van der Waals surface area contributed by atoms with Gasteiger partial charge in [-0.3, -0.25) is 0 Å². The van der Waals surface area contributed by atoms with Gasteiger partial charge in [0, 0.05) is 27.5 Å². The van der Waals surface area contributed by atoms with E-state index in [1.54, 1.807) is 0 Å². The van der Waals surface area contributed by atoms with E-state index in [1.165, 1.54) is 0 Å². The molecule has 0 spiro atoms. The first kappa shape index (κ1) is 23.3. The van der Waals surface area contributed by atoms with Gasteiger partial charge in [-0.25, -0.2) is 15.0 Å². The van der Waals surface area contributed by atoms with Crippen LogP contribution in [-0.2, 0) is 0 Å². The van der Waals surface area contributed by atoms with Crippen LogP contribution in [0, 0.1) is 0 Å². The van der Waals surface area contributed by atoms with Crippen LogP contribution < -0.4 is 0 Å². The van der Waals surface area contributed by atoms with Crippen molar-refractivity contribution < 1.29 is 4.42 Å². The van der Waals surface area contributed by atoms with Gasteiger partial charge in [-0.2, -0.15) is 0 Å². The van der Waals surface area contributed by atoms with Crippen molar-refractivity contribution >= 4 is 32.7 Å². The van der Waals surface area contributed by atoms with E-state index in [0.717, 1.165) is 60.5 Å². The Morgan fingerprint density at radius 3 is 1.66 bits per heavy atom. The first-order chi connectivity index (χ1) is 20.3. The van der Waals surface area contributed by atoms with E-state index >= 15 is 0 Å². The summed E-state index contributed by atoms with van der Waals surface area (Å²) in [7, 11) is 0.